The van der Waals surface area contributed by atoms with Gasteiger partial charge in [0.2, 0.25) is 6.19 Å². The molecule has 64 valence electrons. The Bertz CT molecular complexity index is 339. The van der Waals surface area contributed by atoms with E-state index < -0.39 is 0 Å². The van der Waals surface area contributed by atoms with Gasteiger partial charge in [0, 0.05) is 16.8 Å². The average Bonchev–Trinajstić information content (AvgIpc) is 2.36. The molecule has 6 heteroatoms. The third-order valence-corrected chi connectivity index (χ3v) is 3.49. The first-order chi connectivity index (χ1) is 5.72. The van der Waals surface area contributed by atoms with Gasteiger partial charge >= 0.3 is 0 Å². The Morgan fingerprint density at radius 1 is 1.92 bits per heavy atom. The molecule has 1 unspecified atom stereocenters. The Kier molecular flexibility index (Phi) is 3.66. The maximum Gasteiger partial charge on any atom is 0.212 e. The van der Waals surface area contributed by atoms with Gasteiger partial charge in [0.25, 0.3) is 0 Å². The summed E-state index contributed by atoms with van der Waals surface area (Å²) < 4.78 is 4.24. The van der Waals surface area contributed by atoms with Gasteiger partial charge in [-0.2, -0.15) is 9.62 Å². The standard InChI is InChI=1S/C6H6ClN3S2/c1-12(10-4-8)3-5-2-9-6(7)11-5/h2H,3H2,1H3. The summed E-state index contributed by atoms with van der Waals surface area (Å²) in [6.07, 6.45) is 5.42. The van der Waals surface area contributed by atoms with Gasteiger partial charge in [-0.3, -0.25) is 0 Å². The van der Waals surface area contributed by atoms with Crippen LogP contribution in [0.1, 0.15) is 4.88 Å². The minimum atomic E-state index is -0.232. The highest BCUT2D eigenvalue weighted by atomic mass is 35.5. The van der Waals surface area contributed by atoms with Crippen LogP contribution in [0.5, 0.6) is 0 Å². The van der Waals surface area contributed by atoms with Crippen LogP contribution in [0.3, 0.4) is 0 Å². The van der Waals surface area contributed by atoms with Gasteiger partial charge < -0.3 is 0 Å². The van der Waals surface area contributed by atoms with Crippen molar-refractivity contribution in [3.8, 4) is 6.19 Å². The van der Waals surface area contributed by atoms with E-state index >= 15 is 0 Å². The van der Waals surface area contributed by atoms with Crippen LogP contribution < -0.4 is 0 Å². The number of rotatable bonds is 2. The maximum atomic E-state index is 8.27. The van der Waals surface area contributed by atoms with E-state index in [0.29, 0.717) is 4.47 Å². The minimum Gasteiger partial charge on any atom is -0.233 e. The first kappa shape index (κ1) is 9.65. The molecule has 0 fully saturated rings. The Hall–Kier alpha value is -0.440. The molecule has 12 heavy (non-hydrogen) atoms. The highest BCUT2D eigenvalue weighted by Gasteiger charge is 1.99. The smallest absolute Gasteiger partial charge is 0.212 e. The van der Waals surface area contributed by atoms with E-state index in [0.717, 1.165) is 10.6 Å². The quantitative estimate of drug-likeness (QED) is 0.717. The van der Waals surface area contributed by atoms with Gasteiger partial charge in [-0.1, -0.05) is 22.3 Å². The fraction of sp³-hybridized carbons (Fsp3) is 0.333. The van der Waals surface area contributed by atoms with Crippen LogP contribution in [-0.2, 0) is 16.4 Å². The summed E-state index contributed by atoms with van der Waals surface area (Å²) in [4.78, 5) is 4.97. The van der Waals surface area contributed by atoms with Crippen LogP contribution in [0.15, 0.2) is 10.6 Å². The number of nitriles is 1. The predicted octanol–water partition coefficient (Wildman–Crippen LogP) is 2.21. The van der Waals surface area contributed by atoms with Gasteiger partial charge in [0.1, 0.15) is 0 Å². The Morgan fingerprint density at radius 2 is 2.67 bits per heavy atom. The van der Waals surface area contributed by atoms with Crippen molar-refractivity contribution >= 4 is 33.6 Å². The van der Waals surface area contributed by atoms with Crippen LogP contribution in [0.2, 0.25) is 4.47 Å². The highest BCUT2D eigenvalue weighted by Crippen LogP contribution is 2.18. The number of nitrogens with zero attached hydrogens (tertiary/aromatic N) is 3. The third kappa shape index (κ3) is 2.89. The van der Waals surface area contributed by atoms with Gasteiger partial charge in [0.05, 0.1) is 0 Å². The van der Waals surface area contributed by atoms with Crippen molar-refractivity contribution < 1.29 is 0 Å². The highest BCUT2D eigenvalue weighted by molar-refractivity contribution is 7.86. The van der Waals surface area contributed by atoms with E-state index in [2.05, 4.69) is 9.35 Å². The lowest BCUT2D eigenvalue weighted by molar-refractivity contribution is 1.36. The topological polar surface area (TPSA) is 49.0 Å². The number of halogens is 1. The molecule has 0 spiro atoms. The molecule has 1 atom stereocenters. The summed E-state index contributed by atoms with van der Waals surface area (Å²) in [5, 5.41) is 8.27. The molecule has 1 aromatic heterocycles. The van der Waals surface area contributed by atoms with Crippen molar-refractivity contribution in [3.05, 3.63) is 15.5 Å². The van der Waals surface area contributed by atoms with Crippen molar-refractivity contribution in [2.24, 2.45) is 4.36 Å². The van der Waals surface area contributed by atoms with Crippen molar-refractivity contribution in [2.45, 2.75) is 5.75 Å². The van der Waals surface area contributed by atoms with E-state index in [4.69, 9.17) is 16.9 Å². The summed E-state index contributed by atoms with van der Waals surface area (Å²) in [6, 6.07) is 0. The van der Waals surface area contributed by atoms with Crippen LogP contribution >= 0.6 is 22.9 Å². The van der Waals surface area contributed by atoms with Crippen LogP contribution in [0, 0.1) is 11.5 Å². The van der Waals surface area contributed by atoms with E-state index in [1.165, 1.54) is 11.3 Å². The van der Waals surface area contributed by atoms with Crippen molar-refractivity contribution in [2.75, 3.05) is 6.26 Å². The van der Waals surface area contributed by atoms with Gasteiger partial charge in [-0.15, -0.1) is 11.3 Å². The van der Waals surface area contributed by atoms with E-state index in [-0.39, 0.29) is 10.7 Å². The molecule has 1 heterocycles. The van der Waals surface area contributed by atoms with Crippen LogP contribution in [0.4, 0.5) is 0 Å². The molecule has 0 aliphatic carbocycles. The van der Waals surface area contributed by atoms with Gasteiger partial charge in [-0.25, -0.2) is 4.98 Å². The Morgan fingerprint density at radius 3 is 3.17 bits per heavy atom. The summed E-state index contributed by atoms with van der Waals surface area (Å²) >= 11 is 7.07. The summed E-state index contributed by atoms with van der Waals surface area (Å²) in [5.74, 6) is 0.762. The second kappa shape index (κ2) is 4.55. The number of aromatic nitrogens is 1. The lowest BCUT2D eigenvalue weighted by atomic mass is 10.6. The second-order valence-electron chi connectivity index (χ2n) is 2.02. The van der Waals surface area contributed by atoms with Gasteiger partial charge in [-0.05, 0) is 6.26 Å². The molecule has 0 saturated carbocycles. The first-order valence-corrected chi connectivity index (χ1v) is 6.00. The maximum absolute atomic E-state index is 8.27. The minimum absolute atomic E-state index is 0.232. The summed E-state index contributed by atoms with van der Waals surface area (Å²) in [6.45, 7) is 0. The lowest BCUT2D eigenvalue weighted by Gasteiger charge is -1.92. The predicted molar refractivity (Wildman–Crippen MR) is 52.2 cm³/mol. The summed E-state index contributed by atoms with van der Waals surface area (Å²) in [7, 11) is -0.232. The molecule has 1 aromatic rings. The van der Waals surface area contributed by atoms with Crippen molar-refractivity contribution in [3.63, 3.8) is 0 Å². The third-order valence-electron chi connectivity index (χ3n) is 1.07. The Labute approximate surface area is 82.1 Å². The SMILES string of the molecule is C/S(Cc1cnc(Cl)s1)=N\C#N. The molecule has 0 saturated heterocycles. The molecular formula is C6H6ClN3S2. The first-order valence-electron chi connectivity index (χ1n) is 3.05. The fourth-order valence-electron chi connectivity index (χ4n) is 0.658. The molecule has 1 rings (SSSR count). The zero-order valence-corrected chi connectivity index (χ0v) is 8.71. The van der Waals surface area contributed by atoms with Gasteiger partial charge in [0.15, 0.2) is 4.47 Å². The van der Waals surface area contributed by atoms with Crippen molar-refractivity contribution in [1.82, 2.24) is 4.98 Å². The lowest BCUT2D eigenvalue weighted by Crippen LogP contribution is -1.87. The molecule has 0 aliphatic heterocycles. The molecule has 0 aromatic carbocycles. The molecule has 0 bridgehead atoms. The van der Waals surface area contributed by atoms with E-state index in [9.17, 15) is 0 Å². The monoisotopic (exact) mass is 219 g/mol. The molecule has 0 aliphatic rings. The second-order valence-corrected chi connectivity index (χ2v) is 5.38. The largest absolute Gasteiger partial charge is 0.233 e. The fourth-order valence-corrected chi connectivity index (χ4v) is 2.87. The molecular weight excluding hydrogens is 214 g/mol. The summed E-state index contributed by atoms with van der Waals surface area (Å²) in [5.41, 5.74) is 0. The zero-order valence-electron chi connectivity index (χ0n) is 6.32. The van der Waals surface area contributed by atoms with Crippen molar-refractivity contribution in [1.29, 1.82) is 5.26 Å². The molecule has 3 nitrogen and oxygen atoms in total. The molecule has 0 radical (unpaired) electrons. The molecule has 0 N–H and O–H groups in total. The van der Waals surface area contributed by atoms with E-state index in [1.807, 2.05) is 6.26 Å². The zero-order chi connectivity index (χ0) is 8.97. The van der Waals surface area contributed by atoms with E-state index in [1.54, 1.807) is 12.4 Å². The number of thiazole rings is 1. The van der Waals surface area contributed by atoms with Crippen LogP contribution in [-0.4, -0.2) is 11.2 Å². The average molecular weight is 220 g/mol. The number of hydrogen-bond acceptors (Lipinski definition) is 4. The van der Waals surface area contributed by atoms with Crippen LogP contribution in [0.25, 0.3) is 0 Å². The normalized spacial score (nSPS) is 12.8. The Balaban J connectivity index is 2.65. The number of hydrogen-bond donors (Lipinski definition) is 0. The molecule has 0 amide bonds.